The molecule has 1 unspecified atom stereocenters. The summed E-state index contributed by atoms with van der Waals surface area (Å²) >= 11 is 0. The van der Waals surface area contributed by atoms with Crippen LogP contribution in [0.15, 0.2) is 24.3 Å². The number of hydrogen-bond acceptors (Lipinski definition) is 5. The van der Waals surface area contributed by atoms with Crippen LogP contribution in [0, 0.1) is 0 Å². The van der Waals surface area contributed by atoms with E-state index in [1.807, 2.05) is 0 Å². The predicted octanol–water partition coefficient (Wildman–Crippen LogP) is 1.25. The fraction of sp³-hybridized carbons (Fsp3) is 0.312. The number of aromatic hydroxyl groups is 1. The molecular formula is C16H19N5O4. The first-order valence-electron chi connectivity index (χ1n) is 7.83. The summed E-state index contributed by atoms with van der Waals surface area (Å²) in [4.78, 5) is 24.4. The lowest BCUT2D eigenvalue weighted by Gasteiger charge is -2.31. The van der Waals surface area contributed by atoms with E-state index in [9.17, 15) is 19.8 Å². The van der Waals surface area contributed by atoms with Crippen LogP contribution in [-0.2, 0) is 0 Å². The molecule has 1 saturated heterocycles. The number of amides is 2. The van der Waals surface area contributed by atoms with E-state index in [1.165, 1.54) is 21.7 Å². The summed E-state index contributed by atoms with van der Waals surface area (Å²) in [7, 11) is 0. The largest absolute Gasteiger partial charge is 0.508 e. The van der Waals surface area contributed by atoms with Gasteiger partial charge in [0.2, 0.25) is 0 Å². The van der Waals surface area contributed by atoms with E-state index >= 15 is 0 Å². The molecule has 0 aliphatic carbocycles. The number of nitrogens with zero attached hydrogens (tertiary/aromatic N) is 3. The van der Waals surface area contributed by atoms with Crippen molar-refractivity contribution in [2.45, 2.75) is 18.9 Å². The van der Waals surface area contributed by atoms with Gasteiger partial charge >= 0.3 is 6.09 Å². The summed E-state index contributed by atoms with van der Waals surface area (Å²) in [6.07, 6.45) is 0.379. The van der Waals surface area contributed by atoms with Crippen molar-refractivity contribution in [1.29, 1.82) is 0 Å². The second-order valence-electron chi connectivity index (χ2n) is 5.99. The lowest BCUT2D eigenvalue weighted by molar-refractivity contribution is 0.100. The minimum atomic E-state index is -0.996. The summed E-state index contributed by atoms with van der Waals surface area (Å²) in [6, 6.07) is 5.90. The molecule has 9 heteroatoms. The maximum Gasteiger partial charge on any atom is 0.407 e. The Hall–Kier alpha value is -3.23. The molecule has 25 heavy (non-hydrogen) atoms. The summed E-state index contributed by atoms with van der Waals surface area (Å²) in [5.74, 6) is -0.508. The van der Waals surface area contributed by atoms with Crippen LogP contribution in [0.5, 0.6) is 5.75 Å². The molecule has 1 aromatic heterocycles. The molecule has 2 heterocycles. The number of carbonyl (C=O) groups is 2. The number of rotatable bonds is 3. The lowest BCUT2D eigenvalue weighted by Crippen LogP contribution is -2.40. The van der Waals surface area contributed by atoms with Crippen LogP contribution >= 0.6 is 0 Å². The molecule has 0 radical (unpaired) electrons. The molecule has 1 fully saturated rings. The number of aromatic nitrogens is 2. The Balaban J connectivity index is 2.04. The molecule has 9 nitrogen and oxygen atoms in total. The van der Waals surface area contributed by atoms with Crippen LogP contribution in [0.3, 0.4) is 0 Å². The number of nitrogen functional groups attached to an aromatic ring is 1. The van der Waals surface area contributed by atoms with Gasteiger partial charge in [0, 0.05) is 18.7 Å². The number of anilines is 1. The van der Waals surface area contributed by atoms with Crippen molar-refractivity contribution in [2.24, 2.45) is 5.73 Å². The number of phenols is 1. The Morgan fingerprint density at radius 3 is 2.52 bits per heavy atom. The van der Waals surface area contributed by atoms with Crippen LogP contribution in [0.1, 0.15) is 29.2 Å². The first-order valence-corrected chi connectivity index (χ1v) is 7.83. The minimum absolute atomic E-state index is 0.0844. The SMILES string of the molecule is NC(=O)c1c(-c2ccc(O)cc2)nn(C2CCCN(C(=O)O)C2)c1N. The van der Waals surface area contributed by atoms with E-state index in [2.05, 4.69) is 5.10 Å². The standard InChI is InChI=1S/C16H19N5O4/c17-14-12(15(18)23)13(9-3-5-11(22)6-4-9)19-21(14)10-2-1-7-20(8-10)16(24)25/h3-6,10,22H,1-2,7-8,17H2,(H2,18,23)(H,24,25). The van der Waals surface area contributed by atoms with Gasteiger partial charge in [-0.15, -0.1) is 0 Å². The second kappa shape index (κ2) is 6.34. The van der Waals surface area contributed by atoms with Gasteiger partial charge in [0.15, 0.2) is 0 Å². The third kappa shape index (κ3) is 3.08. The van der Waals surface area contributed by atoms with Gasteiger partial charge in [-0.3, -0.25) is 4.79 Å². The number of likely N-dealkylation sites (tertiary alicyclic amines) is 1. The fourth-order valence-corrected chi connectivity index (χ4v) is 3.12. The Kier molecular flexibility index (Phi) is 4.22. The fourth-order valence-electron chi connectivity index (χ4n) is 3.12. The van der Waals surface area contributed by atoms with Crippen LogP contribution in [0.2, 0.25) is 0 Å². The van der Waals surface area contributed by atoms with E-state index in [-0.39, 0.29) is 29.7 Å². The van der Waals surface area contributed by atoms with E-state index in [4.69, 9.17) is 11.5 Å². The maximum absolute atomic E-state index is 11.9. The highest BCUT2D eigenvalue weighted by molar-refractivity contribution is 6.03. The Labute approximate surface area is 143 Å². The maximum atomic E-state index is 11.9. The molecule has 2 amide bonds. The zero-order valence-corrected chi connectivity index (χ0v) is 13.4. The van der Waals surface area contributed by atoms with Gasteiger partial charge in [-0.25, -0.2) is 9.48 Å². The highest BCUT2D eigenvalue weighted by Gasteiger charge is 2.30. The molecule has 1 aliphatic heterocycles. The molecular weight excluding hydrogens is 326 g/mol. The van der Waals surface area contributed by atoms with Crippen molar-refractivity contribution < 1.29 is 19.8 Å². The predicted molar refractivity (Wildman–Crippen MR) is 90.1 cm³/mol. The first kappa shape index (κ1) is 16.6. The van der Waals surface area contributed by atoms with Crippen molar-refractivity contribution in [1.82, 2.24) is 14.7 Å². The Morgan fingerprint density at radius 2 is 1.92 bits per heavy atom. The monoisotopic (exact) mass is 345 g/mol. The highest BCUT2D eigenvalue weighted by atomic mass is 16.4. The third-order valence-corrected chi connectivity index (χ3v) is 4.35. The number of carbonyl (C=O) groups excluding carboxylic acids is 1. The molecule has 132 valence electrons. The third-order valence-electron chi connectivity index (χ3n) is 4.35. The van der Waals surface area contributed by atoms with E-state index in [1.54, 1.807) is 12.1 Å². The molecule has 3 rings (SSSR count). The topological polar surface area (TPSA) is 148 Å². The summed E-state index contributed by atoms with van der Waals surface area (Å²) in [5.41, 5.74) is 12.6. The van der Waals surface area contributed by atoms with Crippen LogP contribution in [0.4, 0.5) is 10.6 Å². The van der Waals surface area contributed by atoms with Gasteiger partial charge in [-0.1, -0.05) is 0 Å². The molecule has 0 bridgehead atoms. The Bertz CT molecular complexity index is 815. The summed E-state index contributed by atoms with van der Waals surface area (Å²) in [5, 5.41) is 23.1. The molecule has 0 saturated carbocycles. The molecule has 0 spiro atoms. The summed E-state index contributed by atoms with van der Waals surface area (Å²) < 4.78 is 1.48. The lowest BCUT2D eigenvalue weighted by atomic mass is 10.1. The second-order valence-corrected chi connectivity index (χ2v) is 5.99. The molecule has 6 N–H and O–H groups in total. The molecule has 2 aromatic rings. The highest BCUT2D eigenvalue weighted by Crippen LogP contribution is 2.32. The Morgan fingerprint density at radius 1 is 1.24 bits per heavy atom. The van der Waals surface area contributed by atoms with Gasteiger partial charge in [0.05, 0.1) is 6.04 Å². The average Bonchev–Trinajstić information content (AvgIpc) is 2.93. The average molecular weight is 345 g/mol. The van der Waals surface area contributed by atoms with Gasteiger partial charge in [-0.05, 0) is 37.1 Å². The van der Waals surface area contributed by atoms with Crippen molar-refractivity contribution in [2.75, 3.05) is 18.8 Å². The number of carboxylic acid groups (broad SMARTS) is 1. The molecule has 1 aromatic carbocycles. The van der Waals surface area contributed by atoms with Gasteiger partial charge in [0.1, 0.15) is 22.8 Å². The smallest absolute Gasteiger partial charge is 0.407 e. The van der Waals surface area contributed by atoms with Crippen LogP contribution < -0.4 is 11.5 Å². The van der Waals surface area contributed by atoms with Gasteiger partial charge in [0.25, 0.3) is 5.91 Å². The first-order chi connectivity index (χ1) is 11.9. The quantitative estimate of drug-likeness (QED) is 0.658. The summed E-state index contributed by atoms with van der Waals surface area (Å²) in [6.45, 7) is 0.703. The van der Waals surface area contributed by atoms with E-state index in [0.717, 1.165) is 0 Å². The zero-order valence-electron chi connectivity index (χ0n) is 13.4. The van der Waals surface area contributed by atoms with Gasteiger partial charge in [-0.2, -0.15) is 5.10 Å². The van der Waals surface area contributed by atoms with E-state index in [0.29, 0.717) is 30.6 Å². The number of phenolic OH excluding ortho intramolecular Hbond substituents is 1. The van der Waals surface area contributed by atoms with Crippen molar-refractivity contribution in [3.8, 4) is 17.0 Å². The van der Waals surface area contributed by atoms with Crippen LogP contribution in [-0.4, -0.2) is 50.0 Å². The van der Waals surface area contributed by atoms with Gasteiger partial charge < -0.3 is 26.6 Å². The van der Waals surface area contributed by atoms with Crippen molar-refractivity contribution >= 4 is 17.8 Å². The number of primary amides is 1. The zero-order chi connectivity index (χ0) is 18.1. The normalized spacial score (nSPS) is 17.4. The number of piperidine rings is 1. The van der Waals surface area contributed by atoms with Crippen LogP contribution in [0.25, 0.3) is 11.3 Å². The number of nitrogens with two attached hydrogens (primary N) is 2. The number of benzene rings is 1. The van der Waals surface area contributed by atoms with Crippen molar-refractivity contribution in [3.63, 3.8) is 0 Å². The molecule has 1 aliphatic rings. The number of hydrogen-bond donors (Lipinski definition) is 4. The molecule has 1 atom stereocenters. The minimum Gasteiger partial charge on any atom is -0.508 e. The van der Waals surface area contributed by atoms with Crippen molar-refractivity contribution in [3.05, 3.63) is 29.8 Å². The van der Waals surface area contributed by atoms with E-state index < -0.39 is 12.0 Å².